The molecule has 0 saturated carbocycles. The Bertz CT molecular complexity index is 807. The summed E-state index contributed by atoms with van der Waals surface area (Å²) in [7, 11) is 0. The summed E-state index contributed by atoms with van der Waals surface area (Å²) in [5, 5.41) is 5.37. The predicted molar refractivity (Wildman–Crippen MR) is 111 cm³/mol. The highest BCUT2D eigenvalue weighted by atomic mass is 79.9. The summed E-state index contributed by atoms with van der Waals surface area (Å²) in [5.41, 5.74) is 0. The van der Waals surface area contributed by atoms with Crippen molar-refractivity contribution in [2.24, 2.45) is 0 Å². The van der Waals surface area contributed by atoms with Crippen molar-refractivity contribution in [2.45, 2.75) is 19.3 Å². The lowest BCUT2D eigenvalue weighted by atomic mass is 10.1. The fourth-order valence-corrected chi connectivity index (χ4v) is 4.11. The van der Waals surface area contributed by atoms with Gasteiger partial charge in [-0.15, -0.1) is 0 Å². The van der Waals surface area contributed by atoms with Crippen molar-refractivity contribution < 1.29 is 9.53 Å². The number of carbonyl (C=O) groups excluding carboxylic acids is 1. The maximum absolute atomic E-state index is 12.1. The van der Waals surface area contributed by atoms with E-state index in [1.54, 1.807) is 0 Å². The van der Waals surface area contributed by atoms with E-state index in [-0.39, 0.29) is 12.5 Å². The van der Waals surface area contributed by atoms with Crippen LogP contribution < -0.4 is 10.1 Å². The summed E-state index contributed by atoms with van der Waals surface area (Å²) in [6.07, 6.45) is 3.46. The molecule has 0 spiro atoms. The number of ether oxygens (including phenoxy) is 1. The molecule has 1 heterocycles. The quantitative estimate of drug-likeness (QED) is 0.643. The van der Waals surface area contributed by atoms with Gasteiger partial charge in [0.2, 0.25) is 0 Å². The second-order valence-corrected chi connectivity index (χ2v) is 8.03. The number of nitrogens with one attached hydrogen (secondary N) is 1. The molecule has 1 saturated heterocycles. The Morgan fingerprint density at radius 2 is 1.92 bits per heavy atom. The van der Waals surface area contributed by atoms with Crippen LogP contribution in [-0.4, -0.2) is 35.6 Å². The van der Waals surface area contributed by atoms with Crippen LogP contribution in [0.5, 0.6) is 5.75 Å². The van der Waals surface area contributed by atoms with Gasteiger partial charge in [0.15, 0.2) is 11.7 Å². The molecular weight excluding hydrogens is 468 g/mol. The number of nitrogens with zero attached hydrogens (tertiary/aromatic N) is 1. The van der Waals surface area contributed by atoms with Crippen molar-refractivity contribution in [2.75, 3.05) is 19.7 Å². The fraction of sp³-hybridized carbons (Fsp3) is 0.333. The second kappa shape index (κ2) is 8.47. The van der Waals surface area contributed by atoms with Crippen molar-refractivity contribution >= 4 is 65.9 Å². The molecule has 0 unspecified atom stereocenters. The lowest BCUT2D eigenvalue weighted by molar-refractivity contribution is -0.121. The average molecular weight is 486 g/mol. The Morgan fingerprint density at radius 1 is 1.16 bits per heavy atom. The molecule has 1 N–H and O–H groups in total. The normalized spacial score (nSPS) is 14.4. The van der Waals surface area contributed by atoms with Gasteiger partial charge in [0.25, 0.3) is 5.91 Å². The van der Waals surface area contributed by atoms with Crippen LogP contribution in [0, 0.1) is 0 Å². The molecule has 0 aliphatic carbocycles. The zero-order chi connectivity index (χ0) is 17.8. The van der Waals surface area contributed by atoms with Gasteiger partial charge in [0.1, 0.15) is 5.75 Å². The molecule has 4 nitrogen and oxygen atoms in total. The zero-order valence-electron chi connectivity index (χ0n) is 13.6. The van der Waals surface area contributed by atoms with E-state index < -0.39 is 0 Å². The van der Waals surface area contributed by atoms with E-state index >= 15 is 0 Å². The minimum atomic E-state index is -0.238. The van der Waals surface area contributed by atoms with Gasteiger partial charge in [-0.1, -0.05) is 28.1 Å². The molecule has 132 valence electrons. The van der Waals surface area contributed by atoms with E-state index in [2.05, 4.69) is 37.2 Å². The number of fused-ring (bicyclic) bond motifs is 1. The molecule has 7 heteroatoms. The number of likely N-dealkylation sites (tertiary alicyclic amines) is 1. The van der Waals surface area contributed by atoms with Gasteiger partial charge in [0.05, 0.1) is 4.47 Å². The maximum Gasteiger partial charge on any atom is 0.264 e. The topological polar surface area (TPSA) is 41.6 Å². The average Bonchev–Trinajstić information content (AvgIpc) is 2.61. The van der Waals surface area contributed by atoms with Crippen LogP contribution in [-0.2, 0) is 4.79 Å². The van der Waals surface area contributed by atoms with Gasteiger partial charge >= 0.3 is 0 Å². The molecule has 1 aliphatic heterocycles. The number of hydrogen-bond donors (Lipinski definition) is 1. The highest BCUT2D eigenvalue weighted by molar-refractivity contribution is 9.11. The van der Waals surface area contributed by atoms with Gasteiger partial charge < -0.3 is 15.0 Å². The van der Waals surface area contributed by atoms with Crippen LogP contribution >= 0.6 is 44.1 Å². The first-order valence-corrected chi connectivity index (χ1v) is 10.1. The number of thiocarbonyl (C=S) groups is 1. The van der Waals surface area contributed by atoms with Crippen LogP contribution in [0.15, 0.2) is 39.3 Å². The van der Waals surface area contributed by atoms with Crippen molar-refractivity contribution in [1.29, 1.82) is 0 Å². The van der Waals surface area contributed by atoms with Crippen LogP contribution in [0.2, 0.25) is 0 Å². The molecule has 0 aromatic heterocycles. The Balaban J connectivity index is 1.60. The van der Waals surface area contributed by atoms with E-state index in [9.17, 15) is 4.79 Å². The van der Waals surface area contributed by atoms with E-state index in [0.29, 0.717) is 10.9 Å². The molecule has 1 amide bonds. The standard InChI is InChI=1S/C18H18Br2N2O2S/c19-13-5-6-14-12(10-13)4-7-15(17(14)20)24-11-16(23)21-18(25)22-8-2-1-3-9-22/h4-7,10H,1-3,8-9,11H2,(H,21,23,25). The summed E-state index contributed by atoms with van der Waals surface area (Å²) < 4.78 is 7.53. The number of rotatable bonds is 3. The Morgan fingerprint density at radius 3 is 2.68 bits per heavy atom. The van der Waals surface area contributed by atoms with E-state index in [4.69, 9.17) is 17.0 Å². The third-order valence-electron chi connectivity index (χ3n) is 4.13. The number of benzene rings is 2. The monoisotopic (exact) mass is 484 g/mol. The zero-order valence-corrected chi connectivity index (χ0v) is 17.5. The molecule has 0 radical (unpaired) electrons. The van der Waals surface area contributed by atoms with Crippen LogP contribution in [0.3, 0.4) is 0 Å². The lowest BCUT2D eigenvalue weighted by Crippen LogP contribution is -2.46. The SMILES string of the molecule is O=C(COc1ccc2cc(Br)ccc2c1Br)NC(=S)N1CCCCC1. The first kappa shape index (κ1) is 18.6. The summed E-state index contributed by atoms with van der Waals surface area (Å²) in [5.74, 6) is 0.396. The van der Waals surface area contributed by atoms with Gasteiger partial charge in [-0.3, -0.25) is 4.79 Å². The van der Waals surface area contributed by atoms with Gasteiger partial charge in [-0.25, -0.2) is 0 Å². The maximum atomic E-state index is 12.1. The summed E-state index contributed by atoms with van der Waals surface area (Å²) in [6, 6.07) is 9.84. The molecule has 25 heavy (non-hydrogen) atoms. The number of carbonyl (C=O) groups is 1. The van der Waals surface area contributed by atoms with E-state index in [0.717, 1.165) is 45.6 Å². The molecule has 0 atom stereocenters. The molecule has 2 aromatic carbocycles. The van der Waals surface area contributed by atoms with Crippen LogP contribution in [0.25, 0.3) is 10.8 Å². The predicted octanol–water partition coefficient (Wildman–Crippen LogP) is 4.63. The number of amides is 1. The van der Waals surface area contributed by atoms with Crippen LogP contribution in [0.1, 0.15) is 19.3 Å². The minimum absolute atomic E-state index is 0.0748. The molecular formula is C18H18Br2N2O2S. The fourth-order valence-electron chi connectivity index (χ4n) is 2.83. The van der Waals surface area contributed by atoms with Crippen molar-refractivity contribution in [3.63, 3.8) is 0 Å². The van der Waals surface area contributed by atoms with Gasteiger partial charge in [-0.05, 0) is 76.4 Å². The highest BCUT2D eigenvalue weighted by Crippen LogP contribution is 2.34. The van der Waals surface area contributed by atoms with Crippen molar-refractivity contribution in [1.82, 2.24) is 10.2 Å². The first-order valence-electron chi connectivity index (χ1n) is 8.14. The smallest absolute Gasteiger partial charge is 0.264 e. The Labute approximate surface area is 169 Å². The molecule has 1 aliphatic rings. The number of hydrogen-bond acceptors (Lipinski definition) is 3. The lowest BCUT2D eigenvalue weighted by Gasteiger charge is -2.28. The van der Waals surface area contributed by atoms with Gasteiger partial charge in [0, 0.05) is 17.6 Å². The molecule has 1 fully saturated rings. The first-order chi connectivity index (χ1) is 12.0. The molecule has 3 rings (SSSR count). The molecule has 0 bridgehead atoms. The number of halogens is 2. The highest BCUT2D eigenvalue weighted by Gasteiger charge is 2.16. The van der Waals surface area contributed by atoms with Gasteiger partial charge in [-0.2, -0.15) is 0 Å². The number of piperidine rings is 1. The Kier molecular flexibility index (Phi) is 6.30. The van der Waals surface area contributed by atoms with Crippen molar-refractivity contribution in [3.05, 3.63) is 39.3 Å². The summed E-state index contributed by atoms with van der Waals surface area (Å²) in [4.78, 5) is 14.2. The minimum Gasteiger partial charge on any atom is -0.483 e. The largest absolute Gasteiger partial charge is 0.483 e. The van der Waals surface area contributed by atoms with E-state index in [1.165, 1.54) is 6.42 Å². The van der Waals surface area contributed by atoms with E-state index in [1.807, 2.05) is 35.2 Å². The van der Waals surface area contributed by atoms with Crippen molar-refractivity contribution in [3.8, 4) is 5.75 Å². The Hall–Kier alpha value is -1.18. The second-order valence-electron chi connectivity index (χ2n) is 5.93. The molecule has 2 aromatic rings. The van der Waals surface area contributed by atoms with Crippen LogP contribution in [0.4, 0.5) is 0 Å². The third-order valence-corrected chi connectivity index (χ3v) is 5.80. The third kappa shape index (κ3) is 4.71. The summed E-state index contributed by atoms with van der Waals surface area (Å²) >= 11 is 12.3. The summed E-state index contributed by atoms with van der Waals surface area (Å²) in [6.45, 7) is 1.74.